The van der Waals surface area contributed by atoms with Crippen LogP contribution in [0.1, 0.15) is 20.8 Å². The molecule has 0 aliphatic rings. The molecule has 0 spiro atoms. The number of amides is 1. The zero-order valence-corrected chi connectivity index (χ0v) is 16.1. The number of carbonyl (C=O) groups excluding carboxylic acids is 1. The minimum absolute atomic E-state index is 0.264. The Morgan fingerprint density at radius 1 is 1.15 bits per heavy atom. The van der Waals surface area contributed by atoms with Gasteiger partial charge in [-0.15, -0.1) is 0 Å². The quantitative estimate of drug-likeness (QED) is 0.684. The van der Waals surface area contributed by atoms with Gasteiger partial charge in [0.1, 0.15) is 5.60 Å². The van der Waals surface area contributed by atoms with Crippen molar-refractivity contribution in [1.82, 2.24) is 19.7 Å². The highest BCUT2D eigenvalue weighted by Crippen LogP contribution is 2.19. The monoisotopic (exact) mass is 389 g/mol. The standard InChI is InChI=1S/C17H19N5O4S/c1-17(2,3)26-16(23)20-12-5-7-13(8-6-12)22-14-11(10-19-22)9-18-15(21-14)27(4,24)25/h5-10H,1-4H3,(H,20,23). The van der Waals surface area contributed by atoms with E-state index in [9.17, 15) is 13.2 Å². The Morgan fingerprint density at radius 3 is 2.41 bits per heavy atom. The van der Waals surface area contributed by atoms with E-state index >= 15 is 0 Å². The van der Waals surface area contributed by atoms with Crippen LogP contribution in [0.15, 0.2) is 41.8 Å². The molecule has 1 aromatic carbocycles. The molecule has 142 valence electrons. The first-order valence-corrected chi connectivity index (χ1v) is 9.93. The average molecular weight is 389 g/mol. The molecule has 0 radical (unpaired) electrons. The van der Waals surface area contributed by atoms with E-state index in [4.69, 9.17) is 4.74 Å². The van der Waals surface area contributed by atoms with Gasteiger partial charge in [0.05, 0.1) is 17.3 Å². The molecule has 0 fully saturated rings. The molecule has 0 unspecified atom stereocenters. The molecule has 0 aliphatic carbocycles. The van der Waals surface area contributed by atoms with Gasteiger partial charge in [-0.1, -0.05) is 0 Å². The summed E-state index contributed by atoms with van der Waals surface area (Å²) in [6.07, 6.45) is 3.46. The summed E-state index contributed by atoms with van der Waals surface area (Å²) in [5.41, 5.74) is 0.988. The Kier molecular flexibility index (Phi) is 4.60. The van der Waals surface area contributed by atoms with Crippen LogP contribution in [-0.2, 0) is 14.6 Å². The van der Waals surface area contributed by atoms with E-state index in [1.54, 1.807) is 51.2 Å². The summed E-state index contributed by atoms with van der Waals surface area (Å²) >= 11 is 0. The van der Waals surface area contributed by atoms with E-state index in [0.717, 1.165) is 6.26 Å². The van der Waals surface area contributed by atoms with Crippen molar-refractivity contribution in [2.24, 2.45) is 0 Å². The van der Waals surface area contributed by atoms with Crippen LogP contribution in [0.3, 0.4) is 0 Å². The Labute approximate surface area is 156 Å². The van der Waals surface area contributed by atoms with Gasteiger partial charge in [-0.3, -0.25) is 5.32 Å². The number of anilines is 1. The number of benzene rings is 1. The molecule has 2 heterocycles. The summed E-state index contributed by atoms with van der Waals surface area (Å²) in [6.45, 7) is 5.35. The van der Waals surface area contributed by atoms with Crippen LogP contribution < -0.4 is 5.32 Å². The normalized spacial score (nSPS) is 12.1. The van der Waals surface area contributed by atoms with E-state index < -0.39 is 21.5 Å². The lowest BCUT2D eigenvalue weighted by molar-refractivity contribution is 0.0636. The lowest BCUT2D eigenvalue weighted by Gasteiger charge is -2.19. The Hall–Kier alpha value is -3.01. The third-order valence-corrected chi connectivity index (χ3v) is 4.24. The number of hydrogen-bond acceptors (Lipinski definition) is 7. The van der Waals surface area contributed by atoms with Crippen molar-refractivity contribution < 1.29 is 17.9 Å². The maximum atomic E-state index is 11.8. The van der Waals surface area contributed by atoms with Gasteiger partial charge in [0.15, 0.2) is 5.65 Å². The van der Waals surface area contributed by atoms with Gasteiger partial charge >= 0.3 is 6.09 Å². The number of aromatic nitrogens is 4. The number of nitrogens with one attached hydrogen (secondary N) is 1. The molecule has 0 saturated heterocycles. The number of sulfone groups is 1. The van der Waals surface area contributed by atoms with Crippen LogP contribution in [0.25, 0.3) is 16.7 Å². The molecular weight excluding hydrogens is 370 g/mol. The highest BCUT2D eigenvalue weighted by atomic mass is 32.2. The van der Waals surface area contributed by atoms with Gasteiger partial charge in [-0.2, -0.15) is 10.1 Å². The Bertz CT molecular complexity index is 1100. The number of hydrogen-bond donors (Lipinski definition) is 1. The zero-order chi connectivity index (χ0) is 19.8. The highest BCUT2D eigenvalue weighted by molar-refractivity contribution is 7.90. The fourth-order valence-corrected chi connectivity index (χ4v) is 2.77. The summed E-state index contributed by atoms with van der Waals surface area (Å²) in [5.74, 6) is 0. The maximum absolute atomic E-state index is 11.8. The first-order valence-electron chi connectivity index (χ1n) is 8.04. The zero-order valence-electron chi connectivity index (χ0n) is 15.3. The maximum Gasteiger partial charge on any atom is 0.412 e. The largest absolute Gasteiger partial charge is 0.444 e. The predicted molar refractivity (Wildman–Crippen MR) is 99.6 cm³/mol. The van der Waals surface area contributed by atoms with Crippen molar-refractivity contribution in [3.05, 3.63) is 36.7 Å². The summed E-state index contributed by atoms with van der Waals surface area (Å²) in [7, 11) is -3.53. The number of ether oxygens (including phenoxy) is 1. The van der Waals surface area contributed by atoms with Crippen LogP contribution in [0, 0.1) is 0 Å². The number of carbonyl (C=O) groups is 1. The van der Waals surface area contributed by atoms with Gasteiger partial charge in [0.25, 0.3) is 0 Å². The van der Waals surface area contributed by atoms with Crippen LogP contribution in [0.4, 0.5) is 10.5 Å². The first-order chi connectivity index (χ1) is 12.5. The number of rotatable bonds is 3. The minimum Gasteiger partial charge on any atom is -0.444 e. The predicted octanol–water partition coefficient (Wildman–Crippen LogP) is 2.57. The Balaban J connectivity index is 1.88. The summed E-state index contributed by atoms with van der Waals surface area (Å²) in [4.78, 5) is 19.8. The summed E-state index contributed by atoms with van der Waals surface area (Å²) in [6, 6.07) is 6.82. The molecule has 0 bridgehead atoms. The van der Waals surface area contributed by atoms with Gasteiger partial charge in [-0.05, 0) is 45.0 Å². The van der Waals surface area contributed by atoms with Crippen molar-refractivity contribution in [2.75, 3.05) is 11.6 Å². The molecule has 10 heteroatoms. The number of nitrogens with zero attached hydrogens (tertiary/aromatic N) is 4. The first kappa shape index (κ1) is 18.8. The molecule has 1 amide bonds. The lowest BCUT2D eigenvalue weighted by atomic mass is 10.2. The molecule has 3 aromatic rings. The smallest absolute Gasteiger partial charge is 0.412 e. The van der Waals surface area contributed by atoms with Crippen molar-refractivity contribution in [2.45, 2.75) is 31.5 Å². The SMILES string of the molecule is CC(C)(C)OC(=O)Nc1ccc(-n2ncc3cnc(S(C)(=O)=O)nc32)cc1. The van der Waals surface area contributed by atoms with Crippen LogP contribution >= 0.6 is 0 Å². The third-order valence-electron chi connectivity index (χ3n) is 3.38. The van der Waals surface area contributed by atoms with E-state index in [2.05, 4.69) is 20.4 Å². The highest BCUT2D eigenvalue weighted by Gasteiger charge is 2.17. The van der Waals surface area contributed by atoms with E-state index in [-0.39, 0.29) is 5.16 Å². The number of fused-ring (bicyclic) bond motifs is 1. The van der Waals surface area contributed by atoms with Crippen LogP contribution in [0.5, 0.6) is 0 Å². The Morgan fingerprint density at radius 2 is 1.81 bits per heavy atom. The molecule has 1 N–H and O–H groups in total. The van der Waals surface area contributed by atoms with Crippen molar-refractivity contribution in [3.8, 4) is 5.69 Å². The van der Waals surface area contributed by atoms with E-state index in [1.807, 2.05) is 0 Å². The lowest BCUT2D eigenvalue weighted by Crippen LogP contribution is -2.27. The van der Waals surface area contributed by atoms with Crippen LogP contribution in [0.2, 0.25) is 0 Å². The van der Waals surface area contributed by atoms with Gasteiger partial charge in [0.2, 0.25) is 15.0 Å². The molecule has 0 saturated carbocycles. The topological polar surface area (TPSA) is 116 Å². The minimum atomic E-state index is -3.53. The molecule has 0 atom stereocenters. The summed E-state index contributed by atoms with van der Waals surface area (Å²) in [5, 5.41) is 7.22. The molecule has 2 aromatic heterocycles. The second-order valence-corrected chi connectivity index (χ2v) is 8.84. The van der Waals surface area contributed by atoms with Crippen molar-refractivity contribution in [1.29, 1.82) is 0 Å². The second-order valence-electron chi connectivity index (χ2n) is 6.93. The fraction of sp³-hybridized carbons (Fsp3) is 0.294. The molecule has 3 rings (SSSR count). The van der Waals surface area contributed by atoms with E-state index in [1.165, 1.54) is 10.9 Å². The van der Waals surface area contributed by atoms with Crippen molar-refractivity contribution >= 4 is 32.7 Å². The molecule has 27 heavy (non-hydrogen) atoms. The average Bonchev–Trinajstić information content (AvgIpc) is 2.96. The van der Waals surface area contributed by atoms with Gasteiger partial charge < -0.3 is 4.74 Å². The molecular formula is C17H19N5O4S. The fourth-order valence-electron chi connectivity index (χ4n) is 2.28. The van der Waals surface area contributed by atoms with Gasteiger partial charge in [-0.25, -0.2) is 22.9 Å². The second kappa shape index (κ2) is 6.62. The van der Waals surface area contributed by atoms with Crippen LogP contribution in [-0.4, -0.2) is 46.1 Å². The van der Waals surface area contributed by atoms with E-state index in [0.29, 0.717) is 22.4 Å². The molecule has 9 nitrogen and oxygen atoms in total. The summed E-state index contributed by atoms with van der Waals surface area (Å²) < 4.78 is 30.1. The van der Waals surface area contributed by atoms with Gasteiger partial charge in [0, 0.05) is 18.1 Å². The third kappa shape index (κ3) is 4.40. The molecule has 0 aliphatic heterocycles. The van der Waals surface area contributed by atoms with Crippen molar-refractivity contribution in [3.63, 3.8) is 0 Å².